The molecule has 2 N–H and O–H groups in total. The fourth-order valence-electron chi connectivity index (χ4n) is 3.96. The first-order valence-electron chi connectivity index (χ1n) is 12.5. The lowest BCUT2D eigenvalue weighted by Gasteiger charge is -2.11. The Labute approximate surface area is 231 Å². The maximum Gasteiger partial charge on any atom is 0.341 e. The summed E-state index contributed by atoms with van der Waals surface area (Å²) < 4.78 is 10.9. The van der Waals surface area contributed by atoms with Crippen molar-refractivity contribution in [2.24, 2.45) is 0 Å². The molecular formula is C31H30N2O5S. The van der Waals surface area contributed by atoms with Crippen LogP contribution in [0.2, 0.25) is 0 Å². The molecule has 0 aliphatic rings. The Morgan fingerprint density at radius 3 is 2.21 bits per heavy atom. The molecule has 0 radical (unpaired) electrons. The SMILES string of the molecule is CCOC(=O)c1c(-c2ccc(C)cc2)csc1NC(=O)COc1ccc(C(=O)Nc2ccc(C)cc2C)cc1. The number of anilines is 2. The number of thiophene rings is 1. The van der Waals surface area contributed by atoms with Crippen molar-refractivity contribution in [3.05, 3.63) is 99.9 Å². The second kappa shape index (κ2) is 12.4. The number of hydrogen-bond acceptors (Lipinski definition) is 6. The molecule has 0 saturated carbocycles. The van der Waals surface area contributed by atoms with Gasteiger partial charge >= 0.3 is 5.97 Å². The van der Waals surface area contributed by atoms with Crippen LogP contribution in [0.4, 0.5) is 10.7 Å². The molecule has 1 heterocycles. The standard InChI is InChI=1S/C31H30N2O5S/c1-5-37-31(36)28-25(22-9-6-19(2)7-10-22)18-39-30(28)33-27(34)17-38-24-13-11-23(12-14-24)29(35)32-26-15-8-20(3)16-21(26)4/h6-16,18H,5,17H2,1-4H3,(H,32,35)(H,33,34). The van der Waals surface area contributed by atoms with Gasteiger partial charge in [-0.25, -0.2) is 4.79 Å². The third kappa shape index (κ3) is 6.91. The van der Waals surface area contributed by atoms with Crippen LogP contribution in [0.15, 0.2) is 72.1 Å². The summed E-state index contributed by atoms with van der Waals surface area (Å²) in [6.07, 6.45) is 0. The molecule has 2 amide bonds. The number of amides is 2. The smallest absolute Gasteiger partial charge is 0.341 e. The Morgan fingerprint density at radius 2 is 1.54 bits per heavy atom. The first-order chi connectivity index (χ1) is 18.7. The van der Waals surface area contributed by atoms with Crippen LogP contribution in [0.3, 0.4) is 0 Å². The van der Waals surface area contributed by atoms with Crippen LogP contribution in [0, 0.1) is 20.8 Å². The van der Waals surface area contributed by atoms with Gasteiger partial charge in [0.15, 0.2) is 6.61 Å². The zero-order chi connectivity index (χ0) is 27.9. The van der Waals surface area contributed by atoms with Crippen molar-refractivity contribution in [1.82, 2.24) is 0 Å². The van der Waals surface area contributed by atoms with E-state index in [4.69, 9.17) is 9.47 Å². The fraction of sp³-hybridized carbons (Fsp3) is 0.194. The molecule has 0 aliphatic carbocycles. The van der Waals surface area contributed by atoms with E-state index < -0.39 is 11.9 Å². The van der Waals surface area contributed by atoms with Crippen LogP contribution >= 0.6 is 11.3 Å². The Kier molecular flexibility index (Phi) is 8.78. The molecule has 39 heavy (non-hydrogen) atoms. The minimum absolute atomic E-state index is 0.219. The number of rotatable bonds is 9. The van der Waals surface area contributed by atoms with E-state index in [2.05, 4.69) is 10.6 Å². The minimum atomic E-state index is -0.500. The number of hydrogen-bond donors (Lipinski definition) is 2. The van der Waals surface area contributed by atoms with E-state index in [1.54, 1.807) is 31.2 Å². The number of ether oxygens (including phenoxy) is 2. The zero-order valence-corrected chi connectivity index (χ0v) is 23.1. The van der Waals surface area contributed by atoms with Gasteiger partial charge in [-0.3, -0.25) is 9.59 Å². The number of aryl methyl sites for hydroxylation is 3. The third-order valence-corrected chi connectivity index (χ3v) is 6.90. The van der Waals surface area contributed by atoms with E-state index in [1.165, 1.54) is 11.3 Å². The van der Waals surface area contributed by atoms with Crippen LogP contribution in [0.25, 0.3) is 11.1 Å². The van der Waals surface area contributed by atoms with Gasteiger partial charge in [0.25, 0.3) is 11.8 Å². The van der Waals surface area contributed by atoms with Crippen LogP contribution in [0.1, 0.15) is 44.3 Å². The zero-order valence-electron chi connectivity index (χ0n) is 22.3. The Bertz CT molecular complexity index is 1490. The van der Waals surface area contributed by atoms with Crippen LogP contribution in [0.5, 0.6) is 5.75 Å². The summed E-state index contributed by atoms with van der Waals surface area (Å²) in [5, 5.41) is 7.92. The summed E-state index contributed by atoms with van der Waals surface area (Å²) >= 11 is 1.25. The second-order valence-electron chi connectivity index (χ2n) is 9.07. The number of benzene rings is 3. The first-order valence-corrected chi connectivity index (χ1v) is 13.4. The van der Waals surface area contributed by atoms with Crippen molar-refractivity contribution in [1.29, 1.82) is 0 Å². The van der Waals surface area contributed by atoms with E-state index in [9.17, 15) is 14.4 Å². The molecular weight excluding hydrogens is 512 g/mol. The van der Waals surface area contributed by atoms with Crippen LogP contribution < -0.4 is 15.4 Å². The molecule has 0 saturated heterocycles. The average molecular weight is 543 g/mol. The second-order valence-corrected chi connectivity index (χ2v) is 9.95. The maximum absolute atomic E-state index is 12.8. The predicted molar refractivity (Wildman–Crippen MR) is 155 cm³/mol. The highest BCUT2D eigenvalue weighted by molar-refractivity contribution is 7.15. The van der Waals surface area contributed by atoms with Crippen LogP contribution in [-0.4, -0.2) is 31.0 Å². The van der Waals surface area contributed by atoms with Crippen molar-refractivity contribution in [2.75, 3.05) is 23.8 Å². The molecule has 0 unspecified atom stereocenters. The molecule has 7 nitrogen and oxygen atoms in total. The van der Waals surface area contributed by atoms with Gasteiger partial charge in [0.05, 0.1) is 6.61 Å². The lowest BCUT2D eigenvalue weighted by atomic mass is 10.0. The van der Waals surface area contributed by atoms with E-state index in [-0.39, 0.29) is 19.1 Å². The number of esters is 1. The van der Waals surface area contributed by atoms with E-state index in [0.29, 0.717) is 27.4 Å². The Balaban J connectivity index is 1.39. The lowest BCUT2D eigenvalue weighted by Crippen LogP contribution is -2.21. The summed E-state index contributed by atoms with van der Waals surface area (Å²) in [6, 6.07) is 20.2. The summed E-state index contributed by atoms with van der Waals surface area (Å²) in [6.45, 7) is 7.62. The highest BCUT2D eigenvalue weighted by Crippen LogP contribution is 2.36. The lowest BCUT2D eigenvalue weighted by molar-refractivity contribution is -0.118. The van der Waals surface area contributed by atoms with Gasteiger partial charge in [-0.2, -0.15) is 0 Å². The first kappa shape index (κ1) is 27.6. The summed E-state index contributed by atoms with van der Waals surface area (Å²) in [5.74, 6) is -0.722. The molecule has 0 bridgehead atoms. The molecule has 200 valence electrons. The molecule has 0 spiro atoms. The molecule has 8 heteroatoms. The van der Waals surface area contributed by atoms with E-state index in [0.717, 1.165) is 27.9 Å². The van der Waals surface area contributed by atoms with E-state index >= 15 is 0 Å². The summed E-state index contributed by atoms with van der Waals surface area (Å²) in [5.41, 5.74) is 6.31. The normalized spacial score (nSPS) is 10.6. The highest BCUT2D eigenvalue weighted by Gasteiger charge is 2.23. The van der Waals surface area contributed by atoms with Gasteiger partial charge in [-0.1, -0.05) is 47.5 Å². The maximum atomic E-state index is 12.8. The van der Waals surface area contributed by atoms with E-state index in [1.807, 2.05) is 68.6 Å². The minimum Gasteiger partial charge on any atom is -0.484 e. The predicted octanol–water partition coefficient (Wildman–Crippen LogP) is 6.79. The van der Waals surface area contributed by atoms with Crippen molar-refractivity contribution in [3.8, 4) is 16.9 Å². The van der Waals surface area contributed by atoms with Crippen molar-refractivity contribution in [2.45, 2.75) is 27.7 Å². The highest BCUT2D eigenvalue weighted by atomic mass is 32.1. The summed E-state index contributed by atoms with van der Waals surface area (Å²) in [7, 11) is 0. The Morgan fingerprint density at radius 1 is 0.846 bits per heavy atom. The van der Waals surface area contributed by atoms with Gasteiger partial charge < -0.3 is 20.1 Å². The quantitative estimate of drug-likeness (QED) is 0.227. The number of carbonyl (C=O) groups excluding carboxylic acids is 3. The van der Waals surface area contributed by atoms with Gasteiger partial charge in [0.1, 0.15) is 16.3 Å². The van der Waals surface area contributed by atoms with Crippen molar-refractivity contribution >= 4 is 39.8 Å². The summed E-state index contributed by atoms with van der Waals surface area (Å²) in [4.78, 5) is 38.1. The molecule has 1 aromatic heterocycles. The molecule has 0 atom stereocenters. The third-order valence-electron chi connectivity index (χ3n) is 6.00. The van der Waals surface area contributed by atoms with Gasteiger partial charge in [-0.15, -0.1) is 11.3 Å². The molecule has 4 rings (SSSR count). The Hall–Kier alpha value is -4.43. The largest absolute Gasteiger partial charge is 0.484 e. The number of nitrogens with one attached hydrogen (secondary N) is 2. The molecule has 0 aliphatic heterocycles. The fourth-order valence-corrected chi connectivity index (χ4v) is 4.94. The van der Waals surface area contributed by atoms with Crippen molar-refractivity contribution in [3.63, 3.8) is 0 Å². The molecule has 3 aromatic carbocycles. The van der Waals surface area contributed by atoms with Crippen molar-refractivity contribution < 1.29 is 23.9 Å². The van der Waals surface area contributed by atoms with Crippen LogP contribution in [-0.2, 0) is 9.53 Å². The molecule has 0 fully saturated rings. The topological polar surface area (TPSA) is 93.7 Å². The molecule has 4 aromatic rings. The van der Waals surface area contributed by atoms with Gasteiger partial charge in [-0.05, 0) is 69.2 Å². The van der Waals surface area contributed by atoms with Gasteiger partial charge in [0, 0.05) is 22.2 Å². The monoisotopic (exact) mass is 542 g/mol. The van der Waals surface area contributed by atoms with Gasteiger partial charge in [0.2, 0.25) is 0 Å². The average Bonchev–Trinajstić information content (AvgIpc) is 3.33. The number of carbonyl (C=O) groups is 3.